The maximum atomic E-state index is 12.9. The summed E-state index contributed by atoms with van der Waals surface area (Å²) >= 11 is 0. The molecule has 0 unspecified atom stereocenters. The van der Waals surface area contributed by atoms with Crippen molar-refractivity contribution in [3.05, 3.63) is 17.5 Å². The minimum absolute atomic E-state index is 0.0705. The number of likely N-dealkylation sites (N-methyl/N-ethyl adjacent to an activating group) is 1. The lowest BCUT2D eigenvalue weighted by Crippen LogP contribution is -2.48. The zero-order valence-electron chi connectivity index (χ0n) is 13.3. The van der Waals surface area contributed by atoms with Crippen molar-refractivity contribution in [2.45, 2.75) is 63.5 Å². The van der Waals surface area contributed by atoms with Crippen LogP contribution in [0.3, 0.4) is 0 Å². The molecule has 0 radical (unpaired) electrons. The monoisotopic (exact) mass is 303 g/mol. The Morgan fingerprint density at radius 3 is 2.77 bits per heavy atom. The van der Waals surface area contributed by atoms with Crippen LogP contribution >= 0.6 is 0 Å². The van der Waals surface area contributed by atoms with Gasteiger partial charge in [-0.1, -0.05) is 12.1 Å². The van der Waals surface area contributed by atoms with Gasteiger partial charge in [0.25, 0.3) is 5.91 Å². The zero-order chi connectivity index (χ0) is 15.1. The van der Waals surface area contributed by atoms with Crippen LogP contribution in [0.5, 0.6) is 0 Å². The van der Waals surface area contributed by atoms with Gasteiger partial charge in [-0.3, -0.25) is 9.69 Å². The molecule has 5 nitrogen and oxygen atoms in total. The Bertz CT molecular complexity index is 552. The molecule has 3 heterocycles. The number of rotatable bonds is 4. The Balaban J connectivity index is 1.50. The smallest absolute Gasteiger partial charge is 0.276 e. The average molecular weight is 303 g/mol. The average Bonchev–Trinajstić information content (AvgIpc) is 3.01. The van der Waals surface area contributed by atoms with Crippen molar-refractivity contribution in [3.63, 3.8) is 0 Å². The lowest BCUT2D eigenvalue weighted by Gasteiger charge is -2.34. The molecule has 1 saturated carbocycles. The molecule has 1 amide bonds. The fourth-order valence-corrected chi connectivity index (χ4v) is 4.22. The standard InChI is InChI=1S/C17H25N3O2/c1-2-19-9-3-5-14(19)15-6-4-10-20(15)17(21)13-11-16(22-18-13)12-7-8-12/h11-12,14-15H,2-10H2,1H3/t14-,15+/m0/s1. The molecule has 0 N–H and O–H groups in total. The first kappa shape index (κ1) is 14.2. The van der Waals surface area contributed by atoms with Crippen LogP contribution in [-0.4, -0.2) is 52.6 Å². The Morgan fingerprint density at radius 1 is 1.23 bits per heavy atom. The fourth-order valence-electron chi connectivity index (χ4n) is 4.22. The van der Waals surface area contributed by atoms with E-state index < -0.39 is 0 Å². The summed E-state index contributed by atoms with van der Waals surface area (Å²) in [5.74, 6) is 1.48. The molecule has 2 atom stereocenters. The number of amides is 1. The molecule has 2 saturated heterocycles. The predicted molar refractivity (Wildman–Crippen MR) is 82.8 cm³/mol. The number of likely N-dealkylation sites (tertiary alicyclic amines) is 2. The maximum Gasteiger partial charge on any atom is 0.276 e. The quantitative estimate of drug-likeness (QED) is 0.858. The lowest BCUT2D eigenvalue weighted by molar-refractivity contribution is 0.0639. The molecule has 3 fully saturated rings. The minimum atomic E-state index is 0.0705. The van der Waals surface area contributed by atoms with E-state index in [0.717, 1.165) is 31.7 Å². The molecule has 5 heteroatoms. The minimum Gasteiger partial charge on any atom is -0.360 e. The molecule has 1 aliphatic carbocycles. The van der Waals surface area contributed by atoms with Gasteiger partial charge in [0.2, 0.25) is 0 Å². The lowest BCUT2D eigenvalue weighted by atomic mass is 10.0. The number of hydrogen-bond acceptors (Lipinski definition) is 4. The van der Waals surface area contributed by atoms with E-state index in [-0.39, 0.29) is 5.91 Å². The van der Waals surface area contributed by atoms with Gasteiger partial charge in [0.1, 0.15) is 5.76 Å². The molecule has 3 aliphatic rings. The van der Waals surface area contributed by atoms with E-state index in [4.69, 9.17) is 4.52 Å². The van der Waals surface area contributed by atoms with Crippen molar-refractivity contribution in [2.24, 2.45) is 0 Å². The summed E-state index contributed by atoms with van der Waals surface area (Å²) in [6.07, 6.45) is 7.05. The Labute approximate surface area is 131 Å². The number of aromatic nitrogens is 1. The summed E-state index contributed by atoms with van der Waals surface area (Å²) in [6, 6.07) is 2.77. The second-order valence-electron chi connectivity index (χ2n) is 6.94. The van der Waals surface area contributed by atoms with E-state index in [1.54, 1.807) is 0 Å². The summed E-state index contributed by atoms with van der Waals surface area (Å²) in [7, 11) is 0. The summed E-state index contributed by atoms with van der Waals surface area (Å²) in [5, 5.41) is 4.04. The first-order valence-corrected chi connectivity index (χ1v) is 8.79. The van der Waals surface area contributed by atoms with Crippen molar-refractivity contribution in [1.82, 2.24) is 15.0 Å². The van der Waals surface area contributed by atoms with Crippen molar-refractivity contribution in [3.8, 4) is 0 Å². The van der Waals surface area contributed by atoms with Crippen LogP contribution in [-0.2, 0) is 0 Å². The molecule has 2 aliphatic heterocycles. The van der Waals surface area contributed by atoms with Crippen LogP contribution in [0.2, 0.25) is 0 Å². The maximum absolute atomic E-state index is 12.9. The SMILES string of the molecule is CCN1CCC[C@H]1[C@H]1CCCN1C(=O)c1cc(C2CC2)on1. The van der Waals surface area contributed by atoms with Crippen molar-refractivity contribution >= 4 is 5.91 Å². The van der Waals surface area contributed by atoms with E-state index in [2.05, 4.69) is 21.9 Å². The largest absolute Gasteiger partial charge is 0.360 e. The number of carbonyl (C=O) groups excluding carboxylic acids is 1. The van der Waals surface area contributed by atoms with Gasteiger partial charge in [0, 0.05) is 30.6 Å². The van der Waals surface area contributed by atoms with Gasteiger partial charge in [-0.15, -0.1) is 0 Å². The van der Waals surface area contributed by atoms with E-state index in [0.29, 0.717) is 23.7 Å². The van der Waals surface area contributed by atoms with Crippen LogP contribution in [0, 0.1) is 0 Å². The Hall–Kier alpha value is -1.36. The van der Waals surface area contributed by atoms with Crippen molar-refractivity contribution < 1.29 is 9.32 Å². The highest BCUT2D eigenvalue weighted by Crippen LogP contribution is 2.40. The van der Waals surface area contributed by atoms with Gasteiger partial charge < -0.3 is 9.42 Å². The molecule has 0 bridgehead atoms. The highest BCUT2D eigenvalue weighted by atomic mass is 16.5. The molecule has 0 aromatic carbocycles. The van der Waals surface area contributed by atoms with Crippen molar-refractivity contribution in [2.75, 3.05) is 19.6 Å². The predicted octanol–water partition coefficient (Wildman–Crippen LogP) is 2.64. The fraction of sp³-hybridized carbons (Fsp3) is 0.765. The number of carbonyl (C=O) groups is 1. The van der Waals surface area contributed by atoms with Crippen molar-refractivity contribution in [1.29, 1.82) is 0 Å². The van der Waals surface area contributed by atoms with Crippen LogP contribution < -0.4 is 0 Å². The summed E-state index contributed by atoms with van der Waals surface area (Å²) < 4.78 is 5.36. The second-order valence-corrected chi connectivity index (χ2v) is 6.94. The van der Waals surface area contributed by atoms with E-state index in [9.17, 15) is 4.79 Å². The zero-order valence-corrected chi connectivity index (χ0v) is 13.3. The van der Waals surface area contributed by atoms with Crippen LogP contribution in [0.25, 0.3) is 0 Å². The second kappa shape index (κ2) is 5.69. The van der Waals surface area contributed by atoms with Crippen LogP contribution in [0.4, 0.5) is 0 Å². The topological polar surface area (TPSA) is 49.6 Å². The number of hydrogen-bond donors (Lipinski definition) is 0. The van der Waals surface area contributed by atoms with E-state index >= 15 is 0 Å². The summed E-state index contributed by atoms with van der Waals surface area (Å²) in [6.45, 7) is 5.34. The van der Waals surface area contributed by atoms with Gasteiger partial charge >= 0.3 is 0 Å². The first-order chi connectivity index (χ1) is 10.8. The summed E-state index contributed by atoms with van der Waals surface area (Å²) in [4.78, 5) is 17.4. The molecular weight excluding hydrogens is 278 g/mol. The molecular formula is C17H25N3O2. The van der Waals surface area contributed by atoms with E-state index in [1.165, 1.54) is 32.2 Å². The molecule has 4 rings (SSSR count). The van der Waals surface area contributed by atoms with Crippen LogP contribution in [0.1, 0.15) is 67.6 Å². The van der Waals surface area contributed by atoms with Crippen LogP contribution in [0.15, 0.2) is 10.6 Å². The van der Waals surface area contributed by atoms with Gasteiger partial charge in [-0.25, -0.2) is 0 Å². The van der Waals surface area contributed by atoms with Gasteiger partial charge in [0.05, 0.1) is 0 Å². The highest BCUT2D eigenvalue weighted by Gasteiger charge is 2.40. The first-order valence-electron chi connectivity index (χ1n) is 8.79. The molecule has 120 valence electrons. The Morgan fingerprint density at radius 2 is 2.00 bits per heavy atom. The molecule has 1 aromatic rings. The highest BCUT2D eigenvalue weighted by molar-refractivity contribution is 5.92. The van der Waals surface area contributed by atoms with Gasteiger partial charge in [-0.2, -0.15) is 0 Å². The number of nitrogens with zero attached hydrogens (tertiary/aromatic N) is 3. The molecule has 1 aromatic heterocycles. The molecule has 0 spiro atoms. The van der Waals surface area contributed by atoms with Gasteiger partial charge in [0.15, 0.2) is 5.69 Å². The third-order valence-corrected chi connectivity index (χ3v) is 5.55. The third kappa shape index (κ3) is 2.45. The van der Waals surface area contributed by atoms with E-state index in [1.807, 2.05) is 6.07 Å². The molecule has 22 heavy (non-hydrogen) atoms. The third-order valence-electron chi connectivity index (χ3n) is 5.55. The summed E-state index contributed by atoms with van der Waals surface area (Å²) in [5.41, 5.74) is 0.509. The normalized spacial score (nSPS) is 29.4. The van der Waals surface area contributed by atoms with Gasteiger partial charge in [-0.05, 0) is 51.6 Å². The Kier molecular flexibility index (Phi) is 3.68.